The van der Waals surface area contributed by atoms with Gasteiger partial charge in [-0.1, -0.05) is 24.2 Å². The zero-order chi connectivity index (χ0) is 12.3. The fourth-order valence-electron chi connectivity index (χ4n) is 1.56. The summed E-state index contributed by atoms with van der Waals surface area (Å²) in [4.78, 5) is 4.19. The van der Waals surface area contributed by atoms with Gasteiger partial charge in [-0.05, 0) is 25.1 Å². The number of halogens is 1. The highest BCUT2D eigenvalue weighted by Crippen LogP contribution is 2.23. The summed E-state index contributed by atoms with van der Waals surface area (Å²) in [5.74, 6) is 0.509. The molecule has 0 fully saturated rings. The summed E-state index contributed by atoms with van der Waals surface area (Å²) in [6, 6.07) is 6.35. The Balaban J connectivity index is 2.27. The molecule has 1 atom stereocenters. The first-order chi connectivity index (χ1) is 8.22. The van der Waals surface area contributed by atoms with Gasteiger partial charge in [0.25, 0.3) is 0 Å². The predicted molar refractivity (Wildman–Crippen MR) is 61.8 cm³/mol. The van der Waals surface area contributed by atoms with Crippen molar-refractivity contribution in [1.29, 1.82) is 0 Å². The number of hydrogen-bond donors (Lipinski definition) is 1. The molecule has 0 saturated heterocycles. The Labute approximate surface area is 98.6 Å². The molecule has 5 heteroatoms. The van der Waals surface area contributed by atoms with Crippen LogP contribution in [-0.2, 0) is 0 Å². The molecule has 0 amide bonds. The van der Waals surface area contributed by atoms with Gasteiger partial charge in [0.2, 0.25) is 11.7 Å². The van der Waals surface area contributed by atoms with Crippen LogP contribution in [0.3, 0.4) is 0 Å². The zero-order valence-electron chi connectivity index (χ0n) is 9.56. The van der Waals surface area contributed by atoms with E-state index < -0.39 is 0 Å². The van der Waals surface area contributed by atoms with Gasteiger partial charge < -0.3 is 10.3 Å². The number of rotatable bonds is 4. The normalized spacial score (nSPS) is 12.6. The summed E-state index contributed by atoms with van der Waals surface area (Å²) >= 11 is 0. The van der Waals surface area contributed by atoms with E-state index in [2.05, 4.69) is 10.1 Å². The first-order valence-corrected chi connectivity index (χ1v) is 5.51. The summed E-state index contributed by atoms with van der Waals surface area (Å²) in [7, 11) is 0. The van der Waals surface area contributed by atoms with Crippen molar-refractivity contribution in [2.24, 2.45) is 5.73 Å². The van der Waals surface area contributed by atoms with E-state index >= 15 is 0 Å². The number of benzene rings is 1. The molecule has 0 aliphatic heterocycles. The lowest BCUT2D eigenvalue weighted by Gasteiger charge is -2.01. The third kappa shape index (κ3) is 2.50. The molecular formula is C12H14FN3O. The van der Waals surface area contributed by atoms with Crippen LogP contribution in [0.2, 0.25) is 0 Å². The fraction of sp³-hybridized carbons (Fsp3) is 0.333. The molecule has 17 heavy (non-hydrogen) atoms. The number of nitrogens with two attached hydrogens (primary N) is 1. The molecule has 4 nitrogen and oxygen atoms in total. The van der Waals surface area contributed by atoms with Gasteiger partial charge in [-0.15, -0.1) is 0 Å². The van der Waals surface area contributed by atoms with Crippen LogP contribution in [0, 0.1) is 5.82 Å². The number of aromatic nitrogens is 2. The van der Waals surface area contributed by atoms with E-state index in [1.165, 1.54) is 6.07 Å². The third-order valence-corrected chi connectivity index (χ3v) is 2.58. The molecule has 2 aromatic rings. The molecular weight excluding hydrogens is 221 g/mol. The lowest BCUT2D eigenvalue weighted by atomic mass is 10.1. The van der Waals surface area contributed by atoms with Crippen molar-refractivity contribution in [3.05, 3.63) is 36.0 Å². The number of hydrogen-bond acceptors (Lipinski definition) is 4. The molecule has 2 rings (SSSR count). The molecule has 0 aliphatic rings. The quantitative estimate of drug-likeness (QED) is 0.883. The monoisotopic (exact) mass is 235 g/mol. The van der Waals surface area contributed by atoms with Crippen molar-refractivity contribution >= 4 is 0 Å². The average molecular weight is 235 g/mol. The highest BCUT2D eigenvalue weighted by molar-refractivity contribution is 5.54. The maximum absolute atomic E-state index is 13.5. The van der Waals surface area contributed by atoms with Gasteiger partial charge in [0, 0.05) is 5.92 Å². The maximum Gasteiger partial charge on any atom is 0.229 e. The van der Waals surface area contributed by atoms with E-state index in [0.717, 1.165) is 6.42 Å². The Morgan fingerprint density at radius 3 is 2.88 bits per heavy atom. The van der Waals surface area contributed by atoms with E-state index in [9.17, 15) is 4.39 Å². The highest BCUT2D eigenvalue weighted by Gasteiger charge is 2.16. The van der Waals surface area contributed by atoms with E-state index in [1.54, 1.807) is 18.2 Å². The molecule has 2 N–H and O–H groups in total. The third-order valence-electron chi connectivity index (χ3n) is 2.58. The van der Waals surface area contributed by atoms with Gasteiger partial charge in [0.05, 0.1) is 5.56 Å². The van der Waals surface area contributed by atoms with Crippen molar-refractivity contribution < 1.29 is 8.91 Å². The van der Waals surface area contributed by atoms with Gasteiger partial charge >= 0.3 is 0 Å². The number of nitrogens with zero attached hydrogens (tertiary/aromatic N) is 2. The van der Waals surface area contributed by atoms with Crippen LogP contribution in [0.1, 0.15) is 25.2 Å². The Morgan fingerprint density at radius 1 is 1.41 bits per heavy atom. The minimum absolute atomic E-state index is 0.0908. The standard InChI is InChI=1S/C12H14FN3O/c1-8(6-7-14)12-15-11(16-17-12)9-4-2-3-5-10(9)13/h2-5,8H,6-7,14H2,1H3. The fourth-order valence-corrected chi connectivity index (χ4v) is 1.56. The van der Waals surface area contributed by atoms with Crippen molar-refractivity contribution in [3.63, 3.8) is 0 Å². The molecule has 1 unspecified atom stereocenters. The Kier molecular flexibility index (Phi) is 3.49. The topological polar surface area (TPSA) is 64.9 Å². The molecule has 0 radical (unpaired) electrons. The Morgan fingerprint density at radius 2 is 2.18 bits per heavy atom. The zero-order valence-corrected chi connectivity index (χ0v) is 9.56. The first kappa shape index (κ1) is 11.7. The summed E-state index contributed by atoms with van der Waals surface area (Å²) in [5.41, 5.74) is 5.81. The summed E-state index contributed by atoms with van der Waals surface area (Å²) in [5, 5.41) is 3.78. The van der Waals surface area contributed by atoms with E-state index in [-0.39, 0.29) is 17.6 Å². The predicted octanol–water partition coefficient (Wildman–Crippen LogP) is 2.33. The molecule has 1 heterocycles. The van der Waals surface area contributed by atoms with E-state index in [4.69, 9.17) is 10.3 Å². The molecule has 1 aromatic heterocycles. The van der Waals surface area contributed by atoms with Crippen LogP contribution in [0.4, 0.5) is 4.39 Å². The van der Waals surface area contributed by atoms with E-state index in [0.29, 0.717) is 18.0 Å². The molecule has 0 aliphatic carbocycles. The van der Waals surface area contributed by atoms with Crippen molar-refractivity contribution in [2.45, 2.75) is 19.3 Å². The molecule has 0 spiro atoms. The van der Waals surface area contributed by atoms with Crippen LogP contribution in [0.25, 0.3) is 11.4 Å². The minimum Gasteiger partial charge on any atom is -0.339 e. The molecule has 1 aromatic carbocycles. The molecule has 90 valence electrons. The second kappa shape index (κ2) is 5.05. The van der Waals surface area contributed by atoms with Crippen LogP contribution in [0.15, 0.2) is 28.8 Å². The lowest BCUT2D eigenvalue weighted by molar-refractivity contribution is 0.355. The first-order valence-electron chi connectivity index (χ1n) is 5.51. The largest absolute Gasteiger partial charge is 0.339 e. The van der Waals surface area contributed by atoms with Crippen LogP contribution < -0.4 is 5.73 Å². The van der Waals surface area contributed by atoms with Crippen LogP contribution in [0.5, 0.6) is 0 Å². The maximum atomic E-state index is 13.5. The summed E-state index contributed by atoms with van der Waals surface area (Å²) in [6.45, 7) is 2.50. The van der Waals surface area contributed by atoms with Crippen LogP contribution >= 0.6 is 0 Å². The van der Waals surface area contributed by atoms with Gasteiger partial charge in [-0.2, -0.15) is 4.98 Å². The Bertz CT molecular complexity index is 498. The highest BCUT2D eigenvalue weighted by atomic mass is 19.1. The van der Waals surface area contributed by atoms with Crippen LogP contribution in [-0.4, -0.2) is 16.7 Å². The summed E-state index contributed by atoms with van der Waals surface area (Å²) < 4.78 is 18.6. The van der Waals surface area contributed by atoms with Crippen molar-refractivity contribution in [3.8, 4) is 11.4 Å². The second-order valence-electron chi connectivity index (χ2n) is 3.91. The SMILES string of the molecule is CC(CCN)c1nc(-c2ccccc2F)no1. The van der Waals surface area contributed by atoms with Gasteiger partial charge in [0.15, 0.2) is 0 Å². The molecule has 0 bridgehead atoms. The van der Waals surface area contributed by atoms with Gasteiger partial charge in [0.1, 0.15) is 5.82 Å². The van der Waals surface area contributed by atoms with Gasteiger partial charge in [-0.25, -0.2) is 4.39 Å². The van der Waals surface area contributed by atoms with Crippen molar-refractivity contribution in [1.82, 2.24) is 10.1 Å². The summed E-state index contributed by atoms with van der Waals surface area (Å²) in [6.07, 6.45) is 0.763. The average Bonchev–Trinajstić information content (AvgIpc) is 2.79. The van der Waals surface area contributed by atoms with E-state index in [1.807, 2.05) is 6.92 Å². The smallest absolute Gasteiger partial charge is 0.229 e. The minimum atomic E-state index is -0.355. The lowest BCUT2D eigenvalue weighted by Crippen LogP contribution is -2.04. The molecule has 0 saturated carbocycles. The Hall–Kier alpha value is -1.75. The second-order valence-corrected chi connectivity index (χ2v) is 3.91. The van der Waals surface area contributed by atoms with Gasteiger partial charge in [-0.3, -0.25) is 0 Å². The van der Waals surface area contributed by atoms with Crippen molar-refractivity contribution in [2.75, 3.05) is 6.54 Å².